The van der Waals surface area contributed by atoms with Gasteiger partial charge in [0, 0.05) is 32.0 Å². The van der Waals surface area contributed by atoms with Crippen LogP contribution in [0.4, 0.5) is 0 Å². The quantitative estimate of drug-likeness (QED) is 0.573. The summed E-state index contributed by atoms with van der Waals surface area (Å²) in [4.78, 5) is 23.5. The zero-order valence-electron chi connectivity index (χ0n) is 13.2. The van der Waals surface area contributed by atoms with E-state index in [2.05, 4.69) is 17.6 Å². The minimum Gasteiger partial charge on any atom is -0.396 e. The van der Waals surface area contributed by atoms with E-state index in [-0.39, 0.29) is 24.3 Å². The van der Waals surface area contributed by atoms with E-state index in [1.165, 1.54) is 0 Å². The summed E-state index contributed by atoms with van der Waals surface area (Å²) in [5.41, 5.74) is 0. The number of amides is 2. The lowest BCUT2D eigenvalue weighted by molar-refractivity contribution is -0.125. The van der Waals surface area contributed by atoms with E-state index in [9.17, 15) is 9.59 Å². The molecule has 1 aliphatic rings. The van der Waals surface area contributed by atoms with E-state index in [4.69, 9.17) is 5.11 Å². The van der Waals surface area contributed by atoms with Gasteiger partial charge in [0.2, 0.25) is 11.8 Å². The highest BCUT2D eigenvalue weighted by atomic mass is 16.3. The second kappa shape index (κ2) is 10.6. The Hall–Kier alpha value is -1.10. The molecule has 1 rings (SSSR count). The molecule has 5 nitrogen and oxygen atoms in total. The smallest absolute Gasteiger partial charge is 0.223 e. The molecule has 0 saturated heterocycles. The van der Waals surface area contributed by atoms with Crippen LogP contribution in [0.2, 0.25) is 0 Å². The van der Waals surface area contributed by atoms with Crippen LogP contribution in [0.25, 0.3) is 0 Å². The molecule has 0 heterocycles. The Kier molecular flexibility index (Phi) is 9.06. The average molecular weight is 298 g/mol. The van der Waals surface area contributed by atoms with Gasteiger partial charge in [-0.25, -0.2) is 0 Å². The second-order valence-electron chi connectivity index (χ2n) is 5.99. The normalized spacial score (nSPS) is 16.7. The van der Waals surface area contributed by atoms with Crippen molar-refractivity contribution in [3.05, 3.63) is 0 Å². The molecule has 1 saturated carbocycles. The molecule has 0 radical (unpaired) electrons. The first kappa shape index (κ1) is 18.0. The third-order valence-corrected chi connectivity index (χ3v) is 4.20. The molecule has 0 bridgehead atoms. The van der Waals surface area contributed by atoms with Crippen LogP contribution in [0.1, 0.15) is 58.3 Å². The van der Waals surface area contributed by atoms with E-state index in [1.54, 1.807) is 0 Å². The zero-order valence-corrected chi connectivity index (χ0v) is 13.2. The van der Waals surface area contributed by atoms with Crippen LogP contribution in [-0.4, -0.2) is 36.6 Å². The fourth-order valence-corrected chi connectivity index (χ4v) is 2.92. The fraction of sp³-hybridized carbons (Fsp3) is 0.875. The maximum absolute atomic E-state index is 11.8. The number of hydrogen-bond donors (Lipinski definition) is 3. The largest absolute Gasteiger partial charge is 0.396 e. The van der Waals surface area contributed by atoms with Crippen molar-refractivity contribution in [3.8, 4) is 0 Å². The lowest BCUT2D eigenvalue weighted by atomic mass is 10.0. The highest BCUT2D eigenvalue weighted by molar-refractivity contribution is 5.80. The van der Waals surface area contributed by atoms with Gasteiger partial charge in [-0.05, 0) is 31.6 Å². The first-order valence-corrected chi connectivity index (χ1v) is 8.32. The molecule has 3 N–H and O–H groups in total. The summed E-state index contributed by atoms with van der Waals surface area (Å²) in [5, 5.41) is 14.7. The van der Waals surface area contributed by atoms with Crippen LogP contribution >= 0.6 is 0 Å². The van der Waals surface area contributed by atoms with Gasteiger partial charge in [-0.15, -0.1) is 0 Å². The van der Waals surface area contributed by atoms with E-state index < -0.39 is 0 Å². The Morgan fingerprint density at radius 1 is 1.19 bits per heavy atom. The molecular formula is C16H30N2O3. The minimum absolute atomic E-state index is 0.0271. The maximum atomic E-state index is 11.8. The van der Waals surface area contributed by atoms with Gasteiger partial charge in [-0.2, -0.15) is 0 Å². The highest BCUT2D eigenvalue weighted by Crippen LogP contribution is 2.24. The predicted molar refractivity (Wildman–Crippen MR) is 82.7 cm³/mol. The first-order chi connectivity index (χ1) is 10.2. The van der Waals surface area contributed by atoms with Crippen LogP contribution in [-0.2, 0) is 9.59 Å². The molecule has 0 aromatic carbocycles. The van der Waals surface area contributed by atoms with Gasteiger partial charge in [-0.3, -0.25) is 9.59 Å². The van der Waals surface area contributed by atoms with E-state index >= 15 is 0 Å². The van der Waals surface area contributed by atoms with Crippen molar-refractivity contribution in [1.82, 2.24) is 10.6 Å². The van der Waals surface area contributed by atoms with Crippen molar-refractivity contribution in [1.29, 1.82) is 0 Å². The molecule has 2 amide bonds. The first-order valence-electron chi connectivity index (χ1n) is 8.32. The van der Waals surface area contributed by atoms with Crippen molar-refractivity contribution in [2.24, 2.45) is 11.8 Å². The Balaban J connectivity index is 2.11. The monoisotopic (exact) mass is 298 g/mol. The van der Waals surface area contributed by atoms with Gasteiger partial charge in [0.1, 0.15) is 0 Å². The number of aliphatic hydroxyl groups is 1. The Morgan fingerprint density at radius 2 is 1.90 bits per heavy atom. The summed E-state index contributed by atoms with van der Waals surface area (Å²) >= 11 is 0. The number of nitrogens with one attached hydrogen (secondary N) is 2. The van der Waals surface area contributed by atoms with Gasteiger partial charge in [-0.1, -0.05) is 26.2 Å². The molecule has 5 heteroatoms. The van der Waals surface area contributed by atoms with Crippen molar-refractivity contribution >= 4 is 11.8 Å². The molecule has 21 heavy (non-hydrogen) atoms. The summed E-state index contributed by atoms with van der Waals surface area (Å²) in [6.07, 6.45) is 7.38. The second-order valence-corrected chi connectivity index (χ2v) is 5.99. The number of carbonyl (C=O) groups excluding carboxylic acids is 2. The average Bonchev–Trinajstić information content (AvgIpc) is 2.99. The van der Waals surface area contributed by atoms with Crippen LogP contribution in [0.3, 0.4) is 0 Å². The summed E-state index contributed by atoms with van der Waals surface area (Å²) in [7, 11) is 0. The maximum Gasteiger partial charge on any atom is 0.223 e. The standard InChI is InChI=1S/C16H30N2O3/c1-2-5-13(9-11-19)12-18-15(20)8-10-17-16(21)14-6-3-4-7-14/h13-14,19H,2-12H2,1H3,(H,17,21)(H,18,20). The molecule has 1 aliphatic carbocycles. The number of aliphatic hydroxyl groups excluding tert-OH is 1. The fourth-order valence-electron chi connectivity index (χ4n) is 2.92. The Morgan fingerprint density at radius 3 is 2.52 bits per heavy atom. The number of carbonyl (C=O) groups is 2. The lowest BCUT2D eigenvalue weighted by Crippen LogP contribution is -2.35. The van der Waals surface area contributed by atoms with Crippen LogP contribution in [0.15, 0.2) is 0 Å². The van der Waals surface area contributed by atoms with E-state index in [1.807, 2.05) is 0 Å². The molecular weight excluding hydrogens is 268 g/mol. The zero-order chi connectivity index (χ0) is 15.5. The van der Waals surface area contributed by atoms with E-state index in [0.717, 1.165) is 44.9 Å². The summed E-state index contributed by atoms with van der Waals surface area (Å²) in [6.45, 7) is 3.30. The van der Waals surface area contributed by atoms with Crippen molar-refractivity contribution < 1.29 is 14.7 Å². The molecule has 1 fully saturated rings. The Bertz CT molecular complexity index is 309. The topological polar surface area (TPSA) is 78.4 Å². The summed E-state index contributed by atoms with van der Waals surface area (Å²) < 4.78 is 0. The van der Waals surface area contributed by atoms with E-state index in [0.29, 0.717) is 25.4 Å². The minimum atomic E-state index is -0.0271. The third-order valence-electron chi connectivity index (χ3n) is 4.20. The third kappa shape index (κ3) is 7.46. The SMILES string of the molecule is CCCC(CCO)CNC(=O)CCNC(=O)C1CCCC1. The molecule has 1 unspecified atom stereocenters. The van der Waals surface area contributed by atoms with Gasteiger partial charge in [0.25, 0.3) is 0 Å². The summed E-state index contributed by atoms with van der Waals surface area (Å²) in [5.74, 6) is 0.578. The van der Waals surface area contributed by atoms with Crippen molar-refractivity contribution in [3.63, 3.8) is 0 Å². The van der Waals surface area contributed by atoms with Crippen LogP contribution in [0, 0.1) is 11.8 Å². The van der Waals surface area contributed by atoms with Gasteiger partial charge >= 0.3 is 0 Å². The van der Waals surface area contributed by atoms with Gasteiger partial charge < -0.3 is 15.7 Å². The molecule has 1 atom stereocenters. The van der Waals surface area contributed by atoms with Crippen molar-refractivity contribution in [2.75, 3.05) is 19.7 Å². The number of rotatable bonds is 10. The number of hydrogen-bond acceptors (Lipinski definition) is 3. The molecule has 0 aliphatic heterocycles. The van der Waals surface area contributed by atoms with Gasteiger partial charge in [0.05, 0.1) is 0 Å². The Labute approximate surface area is 127 Å². The lowest BCUT2D eigenvalue weighted by Gasteiger charge is -2.16. The summed E-state index contributed by atoms with van der Waals surface area (Å²) in [6, 6.07) is 0. The molecule has 0 spiro atoms. The van der Waals surface area contributed by atoms with Crippen molar-refractivity contribution in [2.45, 2.75) is 58.3 Å². The molecule has 0 aromatic rings. The highest BCUT2D eigenvalue weighted by Gasteiger charge is 2.22. The van der Waals surface area contributed by atoms with Crippen LogP contribution < -0.4 is 10.6 Å². The molecule has 0 aromatic heterocycles. The molecule has 122 valence electrons. The van der Waals surface area contributed by atoms with Gasteiger partial charge in [0.15, 0.2) is 0 Å². The predicted octanol–water partition coefficient (Wildman–Crippen LogP) is 1.60. The van der Waals surface area contributed by atoms with Crippen LogP contribution in [0.5, 0.6) is 0 Å².